The van der Waals surface area contributed by atoms with E-state index in [0.717, 1.165) is 24.8 Å². The van der Waals surface area contributed by atoms with Gasteiger partial charge in [-0.1, -0.05) is 30.3 Å². The number of methoxy groups -OCH3 is 1. The Labute approximate surface area is 182 Å². The number of carbonyl (C=O) groups is 1. The Morgan fingerprint density at radius 2 is 1.77 bits per heavy atom. The number of ether oxygens (including phenoxy) is 1. The third kappa shape index (κ3) is 4.72. The van der Waals surface area contributed by atoms with Crippen LogP contribution in [0.4, 0.5) is 5.69 Å². The van der Waals surface area contributed by atoms with Gasteiger partial charge >= 0.3 is 0 Å². The number of fused-ring (bicyclic) bond motifs is 1. The largest absolute Gasteiger partial charge is 0.497 e. The number of hydrogen-bond donors (Lipinski definition) is 2. The molecule has 160 valence electrons. The van der Waals surface area contributed by atoms with E-state index >= 15 is 0 Å². The van der Waals surface area contributed by atoms with Crippen molar-refractivity contribution >= 4 is 21.6 Å². The summed E-state index contributed by atoms with van der Waals surface area (Å²) in [5.41, 5.74) is 3.14. The highest BCUT2D eigenvalue weighted by atomic mass is 32.2. The first-order chi connectivity index (χ1) is 15.0. The second kappa shape index (κ2) is 8.81. The molecule has 0 heterocycles. The molecule has 1 atom stereocenters. The van der Waals surface area contributed by atoms with E-state index in [0.29, 0.717) is 17.0 Å². The molecular weight excluding hydrogens is 412 g/mol. The van der Waals surface area contributed by atoms with Gasteiger partial charge in [-0.3, -0.25) is 9.52 Å². The smallest absolute Gasteiger partial charge is 0.261 e. The van der Waals surface area contributed by atoms with Crippen LogP contribution < -0.4 is 14.8 Å². The van der Waals surface area contributed by atoms with E-state index in [2.05, 4.69) is 22.2 Å². The van der Waals surface area contributed by atoms with Crippen LogP contribution in [0.1, 0.15) is 40.4 Å². The number of anilines is 1. The second-order valence-corrected chi connectivity index (χ2v) is 9.16. The highest BCUT2D eigenvalue weighted by molar-refractivity contribution is 7.92. The Balaban J connectivity index is 1.50. The van der Waals surface area contributed by atoms with Gasteiger partial charge in [-0.25, -0.2) is 8.42 Å². The van der Waals surface area contributed by atoms with Crippen LogP contribution >= 0.6 is 0 Å². The van der Waals surface area contributed by atoms with Crippen LogP contribution in [0.5, 0.6) is 5.75 Å². The van der Waals surface area contributed by atoms with Gasteiger partial charge in [0.25, 0.3) is 15.9 Å². The molecule has 3 aromatic rings. The van der Waals surface area contributed by atoms with Crippen LogP contribution in [0.25, 0.3) is 0 Å². The van der Waals surface area contributed by atoms with Crippen molar-refractivity contribution < 1.29 is 17.9 Å². The monoisotopic (exact) mass is 436 g/mol. The van der Waals surface area contributed by atoms with Gasteiger partial charge in [-0.05, 0) is 72.9 Å². The molecular formula is C24H24N2O4S. The van der Waals surface area contributed by atoms with Gasteiger partial charge in [-0.15, -0.1) is 0 Å². The van der Waals surface area contributed by atoms with E-state index < -0.39 is 10.0 Å². The Morgan fingerprint density at radius 1 is 1.00 bits per heavy atom. The van der Waals surface area contributed by atoms with Crippen molar-refractivity contribution in [1.29, 1.82) is 0 Å². The predicted molar refractivity (Wildman–Crippen MR) is 120 cm³/mol. The quantitative estimate of drug-likeness (QED) is 0.603. The van der Waals surface area contributed by atoms with Crippen LogP contribution in [0, 0.1) is 0 Å². The van der Waals surface area contributed by atoms with Crippen LogP contribution in [0.2, 0.25) is 0 Å². The number of sulfonamides is 1. The molecule has 1 aliphatic carbocycles. The molecule has 7 heteroatoms. The molecule has 2 N–H and O–H groups in total. The normalized spacial score (nSPS) is 15.6. The van der Waals surface area contributed by atoms with E-state index in [1.165, 1.54) is 24.8 Å². The Kier molecular flexibility index (Phi) is 5.95. The van der Waals surface area contributed by atoms with E-state index in [-0.39, 0.29) is 16.8 Å². The average molecular weight is 437 g/mol. The standard InChI is InChI=1S/C24H24N2O4S/c1-30-20-12-14-21(15-13-20)31(28,29)26-19-9-4-8-18(16-19)24(27)25-23-11-5-7-17-6-2-3-10-22(17)23/h2-4,6,8-10,12-16,23,26H,5,7,11H2,1H3,(H,25,27)/t23-/m1/s1. The summed E-state index contributed by atoms with van der Waals surface area (Å²) in [6.07, 6.45) is 2.92. The molecule has 0 saturated carbocycles. The lowest BCUT2D eigenvalue weighted by molar-refractivity contribution is 0.0932. The summed E-state index contributed by atoms with van der Waals surface area (Å²) >= 11 is 0. The van der Waals surface area contributed by atoms with Crippen molar-refractivity contribution in [1.82, 2.24) is 5.32 Å². The summed E-state index contributed by atoms with van der Waals surface area (Å²) in [4.78, 5) is 13.0. The number of nitrogens with one attached hydrogen (secondary N) is 2. The van der Waals surface area contributed by atoms with Gasteiger partial charge in [0, 0.05) is 11.3 Å². The van der Waals surface area contributed by atoms with Crippen LogP contribution in [-0.4, -0.2) is 21.4 Å². The minimum atomic E-state index is -3.79. The Hall–Kier alpha value is -3.32. The number of amides is 1. The number of carbonyl (C=O) groups excluding carboxylic acids is 1. The van der Waals surface area contributed by atoms with Gasteiger partial charge in [0.05, 0.1) is 18.0 Å². The van der Waals surface area contributed by atoms with Gasteiger partial charge < -0.3 is 10.1 Å². The van der Waals surface area contributed by atoms with Crippen molar-refractivity contribution in [2.45, 2.75) is 30.2 Å². The molecule has 1 aliphatic rings. The molecule has 31 heavy (non-hydrogen) atoms. The van der Waals surface area contributed by atoms with E-state index in [9.17, 15) is 13.2 Å². The van der Waals surface area contributed by atoms with Crippen LogP contribution in [0.3, 0.4) is 0 Å². The first-order valence-electron chi connectivity index (χ1n) is 10.1. The van der Waals surface area contributed by atoms with Crippen molar-refractivity contribution in [3.63, 3.8) is 0 Å². The first-order valence-corrected chi connectivity index (χ1v) is 11.6. The Morgan fingerprint density at radius 3 is 2.55 bits per heavy atom. The van der Waals surface area contributed by atoms with Crippen molar-refractivity contribution in [3.8, 4) is 5.75 Å². The van der Waals surface area contributed by atoms with Crippen molar-refractivity contribution in [2.75, 3.05) is 11.8 Å². The zero-order valence-corrected chi connectivity index (χ0v) is 18.0. The lowest BCUT2D eigenvalue weighted by Gasteiger charge is -2.26. The average Bonchev–Trinajstić information content (AvgIpc) is 2.79. The maximum Gasteiger partial charge on any atom is 0.261 e. The summed E-state index contributed by atoms with van der Waals surface area (Å²) in [5.74, 6) is 0.342. The predicted octanol–water partition coefficient (Wildman–Crippen LogP) is 4.30. The van der Waals surface area contributed by atoms with Gasteiger partial charge in [0.15, 0.2) is 0 Å². The van der Waals surface area contributed by atoms with Gasteiger partial charge in [0.2, 0.25) is 0 Å². The fraction of sp³-hybridized carbons (Fsp3) is 0.208. The van der Waals surface area contributed by atoms with E-state index in [1.807, 2.05) is 12.1 Å². The lowest BCUT2D eigenvalue weighted by atomic mass is 9.87. The van der Waals surface area contributed by atoms with Crippen LogP contribution in [0.15, 0.2) is 77.7 Å². The lowest BCUT2D eigenvalue weighted by Crippen LogP contribution is -2.31. The number of aryl methyl sites for hydroxylation is 1. The molecule has 6 nitrogen and oxygen atoms in total. The molecule has 0 spiro atoms. The topological polar surface area (TPSA) is 84.5 Å². The summed E-state index contributed by atoms with van der Waals surface area (Å²) in [5, 5.41) is 3.10. The molecule has 0 aliphatic heterocycles. The SMILES string of the molecule is COc1ccc(S(=O)(=O)Nc2cccc(C(=O)N[C@@H]3CCCc4ccccc43)c2)cc1. The highest BCUT2D eigenvalue weighted by Gasteiger charge is 2.22. The molecule has 0 fully saturated rings. The van der Waals surface area contributed by atoms with Crippen molar-refractivity contribution in [3.05, 3.63) is 89.5 Å². The fourth-order valence-electron chi connectivity index (χ4n) is 3.84. The first kappa shape index (κ1) is 20.9. The fourth-order valence-corrected chi connectivity index (χ4v) is 4.89. The summed E-state index contributed by atoms with van der Waals surface area (Å²) in [7, 11) is -2.27. The Bertz CT molecular complexity index is 1190. The van der Waals surface area contributed by atoms with E-state index in [4.69, 9.17) is 4.74 Å². The molecule has 0 bridgehead atoms. The molecule has 0 aromatic heterocycles. The summed E-state index contributed by atoms with van der Waals surface area (Å²) in [6, 6.07) is 20.7. The van der Waals surface area contributed by atoms with Gasteiger partial charge in [0.1, 0.15) is 5.75 Å². The van der Waals surface area contributed by atoms with E-state index in [1.54, 1.807) is 36.4 Å². The number of hydrogen-bond acceptors (Lipinski definition) is 4. The van der Waals surface area contributed by atoms with Gasteiger partial charge in [-0.2, -0.15) is 0 Å². The second-order valence-electron chi connectivity index (χ2n) is 7.48. The number of benzene rings is 3. The number of rotatable bonds is 6. The summed E-state index contributed by atoms with van der Waals surface area (Å²) < 4.78 is 33.0. The molecule has 4 rings (SSSR count). The maximum atomic E-state index is 12.9. The third-order valence-electron chi connectivity index (χ3n) is 5.42. The minimum absolute atomic E-state index is 0.0444. The molecule has 0 saturated heterocycles. The zero-order chi connectivity index (χ0) is 21.8. The molecule has 3 aromatic carbocycles. The summed E-state index contributed by atoms with van der Waals surface area (Å²) in [6.45, 7) is 0. The molecule has 0 radical (unpaired) electrons. The highest BCUT2D eigenvalue weighted by Crippen LogP contribution is 2.30. The maximum absolute atomic E-state index is 12.9. The molecule has 1 amide bonds. The third-order valence-corrected chi connectivity index (χ3v) is 6.82. The van der Waals surface area contributed by atoms with Crippen LogP contribution in [-0.2, 0) is 16.4 Å². The zero-order valence-electron chi connectivity index (χ0n) is 17.2. The van der Waals surface area contributed by atoms with Crippen molar-refractivity contribution in [2.24, 2.45) is 0 Å². The minimum Gasteiger partial charge on any atom is -0.497 e. The molecule has 0 unspecified atom stereocenters.